The second-order valence-corrected chi connectivity index (χ2v) is 5.54. The molecule has 0 aliphatic heterocycles. The number of nitrogens with zero attached hydrogens (tertiary/aromatic N) is 1. The lowest BCUT2D eigenvalue weighted by molar-refractivity contribution is -0.132. The van der Waals surface area contributed by atoms with Crippen LogP contribution in [0, 0.1) is 13.8 Å². The molecule has 0 saturated carbocycles. The molecule has 0 fully saturated rings. The molecule has 1 aromatic rings. The van der Waals surface area contributed by atoms with Crippen molar-refractivity contribution in [1.29, 1.82) is 0 Å². The second-order valence-electron chi connectivity index (χ2n) is 5.54. The van der Waals surface area contributed by atoms with E-state index in [-0.39, 0.29) is 18.0 Å². The van der Waals surface area contributed by atoms with Crippen molar-refractivity contribution >= 4 is 5.91 Å². The Morgan fingerprint density at radius 2 is 1.60 bits per heavy atom. The molecule has 0 spiro atoms. The largest absolute Gasteiger partial charge is 0.342 e. The number of nitrogens with one attached hydrogen (secondary N) is 1. The van der Waals surface area contributed by atoms with Crippen LogP contribution in [-0.2, 0) is 4.79 Å². The van der Waals surface area contributed by atoms with Crippen molar-refractivity contribution in [3.8, 4) is 0 Å². The Bertz CT molecular complexity index is 432. The third kappa shape index (κ3) is 4.34. The highest BCUT2D eigenvalue weighted by Gasteiger charge is 2.20. The Morgan fingerprint density at radius 3 is 2.05 bits per heavy atom. The Labute approximate surface area is 123 Å². The number of amides is 1. The normalized spacial score (nSPS) is 13.9. The number of carbonyl (C=O) groups excluding carboxylic acids is 1. The van der Waals surface area contributed by atoms with Gasteiger partial charge in [0.05, 0.1) is 6.04 Å². The number of hydrogen-bond acceptors (Lipinski definition) is 2. The molecule has 1 rings (SSSR count). The summed E-state index contributed by atoms with van der Waals surface area (Å²) in [5.74, 6) is 0.172. The van der Waals surface area contributed by atoms with Gasteiger partial charge in [0, 0.05) is 19.1 Å². The van der Waals surface area contributed by atoms with Gasteiger partial charge in [-0.3, -0.25) is 10.1 Å². The van der Waals surface area contributed by atoms with E-state index in [1.54, 1.807) is 0 Å². The van der Waals surface area contributed by atoms with E-state index in [4.69, 9.17) is 0 Å². The number of rotatable bonds is 6. The summed E-state index contributed by atoms with van der Waals surface area (Å²) in [5, 5.41) is 3.41. The number of hydrogen-bond donors (Lipinski definition) is 1. The molecule has 3 nitrogen and oxygen atoms in total. The second kappa shape index (κ2) is 7.44. The molecule has 0 aliphatic carbocycles. The zero-order valence-electron chi connectivity index (χ0n) is 13.7. The lowest BCUT2D eigenvalue weighted by Crippen LogP contribution is -2.45. The summed E-state index contributed by atoms with van der Waals surface area (Å²) < 4.78 is 0. The molecule has 112 valence electrons. The molecular formula is C17H28N2O. The van der Waals surface area contributed by atoms with E-state index in [1.807, 2.05) is 25.7 Å². The molecule has 2 unspecified atom stereocenters. The van der Waals surface area contributed by atoms with Crippen LogP contribution in [0.1, 0.15) is 50.4 Å². The summed E-state index contributed by atoms with van der Waals surface area (Å²) in [5.41, 5.74) is 3.76. The molecule has 20 heavy (non-hydrogen) atoms. The predicted molar refractivity (Wildman–Crippen MR) is 84.9 cm³/mol. The van der Waals surface area contributed by atoms with E-state index in [2.05, 4.69) is 44.3 Å². The average molecular weight is 276 g/mol. The third-order valence-corrected chi connectivity index (χ3v) is 3.69. The standard InChI is InChI=1S/C17H28N2O/c1-7-19(8-2)17(20)15(6)18-14(5)16-10-12(3)9-13(4)11-16/h9-11,14-15,18H,7-8H2,1-6H3. The molecule has 0 aromatic heterocycles. The summed E-state index contributed by atoms with van der Waals surface area (Å²) in [4.78, 5) is 14.1. The van der Waals surface area contributed by atoms with Crippen molar-refractivity contribution in [3.05, 3.63) is 34.9 Å². The van der Waals surface area contributed by atoms with Gasteiger partial charge in [-0.25, -0.2) is 0 Å². The van der Waals surface area contributed by atoms with Gasteiger partial charge in [-0.05, 0) is 47.1 Å². The predicted octanol–water partition coefficient (Wildman–Crippen LogP) is 3.21. The van der Waals surface area contributed by atoms with Crippen LogP contribution in [0.15, 0.2) is 18.2 Å². The Balaban J connectivity index is 2.74. The Hall–Kier alpha value is -1.35. The smallest absolute Gasteiger partial charge is 0.239 e. The van der Waals surface area contributed by atoms with E-state index in [9.17, 15) is 4.79 Å². The van der Waals surface area contributed by atoms with Crippen LogP contribution in [0.2, 0.25) is 0 Å². The Morgan fingerprint density at radius 1 is 1.10 bits per heavy atom. The average Bonchev–Trinajstić information content (AvgIpc) is 2.38. The summed E-state index contributed by atoms with van der Waals surface area (Å²) in [6, 6.07) is 6.54. The number of aryl methyl sites for hydroxylation is 2. The quantitative estimate of drug-likeness (QED) is 0.865. The first-order valence-electron chi connectivity index (χ1n) is 7.52. The molecule has 0 aliphatic rings. The summed E-state index contributed by atoms with van der Waals surface area (Å²) >= 11 is 0. The van der Waals surface area contributed by atoms with Crippen molar-refractivity contribution in [2.24, 2.45) is 0 Å². The maximum atomic E-state index is 12.3. The lowest BCUT2D eigenvalue weighted by atomic mass is 10.0. The highest BCUT2D eigenvalue weighted by molar-refractivity contribution is 5.81. The molecule has 2 atom stereocenters. The lowest BCUT2D eigenvalue weighted by Gasteiger charge is -2.26. The van der Waals surface area contributed by atoms with Gasteiger partial charge < -0.3 is 4.90 Å². The third-order valence-electron chi connectivity index (χ3n) is 3.69. The zero-order chi connectivity index (χ0) is 15.3. The van der Waals surface area contributed by atoms with Crippen LogP contribution >= 0.6 is 0 Å². The topological polar surface area (TPSA) is 32.3 Å². The molecule has 1 N–H and O–H groups in total. The number of carbonyl (C=O) groups is 1. The minimum atomic E-state index is -0.161. The van der Waals surface area contributed by atoms with E-state index >= 15 is 0 Å². The zero-order valence-corrected chi connectivity index (χ0v) is 13.7. The Kier molecular flexibility index (Phi) is 6.21. The van der Waals surface area contributed by atoms with Crippen molar-refractivity contribution in [2.45, 2.75) is 53.6 Å². The van der Waals surface area contributed by atoms with Crippen molar-refractivity contribution in [3.63, 3.8) is 0 Å². The van der Waals surface area contributed by atoms with Gasteiger partial charge >= 0.3 is 0 Å². The number of likely N-dealkylation sites (N-methyl/N-ethyl adjacent to an activating group) is 1. The molecule has 1 amide bonds. The van der Waals surface area contributed by atoms with Crippen molar-refractivity contribution in [2.75, 3.05) is 13.1 Å². The molecule has 0 radical (unpaired) electrons. The van der Waals surface area contributed by atoms with Crippen LogP contribution in [-0.4, -0.2) is 29.9 Å². The summed E-state index contributed by atoms with van der Waals surface area (Å²) in [6.07, 6.45) is 0. The summed E-state index contributed by atoms with van der Waals surface area (Å²) in [6.45, 7) is 13.8. The minimum absolute atomic E-state index is 0.161. The van der Waals surface area contributed by atoms with E-state index < -0.39 is 0 Å². The van der Waals surface area contributed by atoms with E-state index in [0.29, 0.717) is 0 Å². The monoisotopic (exact) mass is 276 g/mol. The maximum Gasteiger partial charge on any atom is 0.239 e. The van der Waals surface area contributed by atoms with Gasteiger partial charge in [0.2, 0.25) is 5.91 Å². The highest BCUT2D eigenvalue weighted by atomic mass is 16.2. The summed E-state index contributed by atoms with van der Waals surface area (Å²) in [7, 11) is 0. The fourth-order valence-electron chi connectivity index (χ4n) is 2.61. The molecule has 0 heterocycles. The highest BCUT2D eigenvalue weighted by Crippen LogP contribution is 2.17. The fourth-order valence-corrected chi connectivity index (χ4v) is 2.61. The maximum absolute atomic E-state index is 12.3. The van der Waals surface area contributed by atoms with Gasteiger partial charge in [-0.1, -0.05) is 29.3 Å². The minimum Gasteiger partial charge on any atom is -0.342 e. The SMILES string of the molecule is CCN(CC)C(=O)C(C)NC(C)c1cc(C)cc(C)c1. The van der Waals surface area contributed by atoms with Gasteiger partial charge in [0.25, 0.3) is 0 Å². The van der Waals surface area contributed by atoms with Crippen LogP contribution in [0.3, 0.4) is 0 Å². The fraction of sp³-hybridized carbons (Fsp3) is 0.588. The molecule has 0 bridgehead atoms. The first kappa shape index (κ1) is 16.7. The van der Waals surface area contributed by atoms with Crippen LogP contribution in [0.4, 0.5) is 0 Å². The van der Waals surface area contributed by atoms with E-state index in [1.165, 1.54) is 16.7 Å². The number of benzene rings is 1. The molecular weight excluding hydrogens is 248 g/mol. The van der Waals surface area contributed by atoms with Crippen molar-refractivity contribution in [1.82, 2.24) is 10.2 Å². The first-order chi connectivity index (χ1) is 9.38. The van der Waals surface area contributed by atoms with Gasteiger partial charge in [-0.15, -0.1) is 0 Å². The van der Waals surface area contributed by atoms with Gasteiger partial charge in [0.15, 0.2) is 0 Å². The molecule has 3 heteroatoms. The molecule has 1 aromatic carbocycles. The molecule has 0 saturated heterocycles. The van der Waals surface area contributed by atoms with Gasteiger partial charge in [-0.2, -0.15) is 0 Å². The van der Waals surface area contributed by atoms with Crippen LogP contribution in [0.25, 0.3) is 0 Å². The first-order valence-corrected chi connectivity index (χ1v) is 7.52. The van der Waals surface area contributed by atoms with Gasteiger partial charge in [0.1, 0.15) is 0 Å². The van der Waals surface area contributed by atoms with Crippen molar-refractivity contribution < 1.29 is 4.79 Å². The van der Waals surface area contributed by atoms with Crippen LogP contribution < -0.4 is 5.32 Å². The van der Waals surface area contributed by atoms with E-state index in [0.717, 1.165) is 13.1 Å². The van der Waals surface area contributed by atoms with Crippen LogP contribution in [0.5, 0.6) is 0 Å².